The first-order chi connectivity index (χ1) is 9.63. The predicted octanol–water partition coefficient (Wildman–Crippen LogP) is 4.35. The normalized spacial score (nSPS) is 24.3. The van der Waals surface area contributed by atoms with Crippen LogP contribution in [-0.2, 0) is 0 Å². The molecule has 1 aliphatic heterocycles. The maximum Gasteiger partial charge on any atom is 0.0593 e. The minimum atomic E-state index is 0.204. The smallest absolute Gasteiger partial charge is 0.0593 e. The number of nitrogens with two attached hydrogens (primary N) is 1. The summed E-state index contributed by atoms with van der Waals surface area (Å²) >= 11 is 1.88. The van der Waals surface area contributed by atoms with Crippen molar-refractivity contribution in [2.24, 2.45) is 11.7 Å². The summed E-state index contributed by atoms with van der Waals surface area (Å²) < 4.78 is 0. The molecule has 0 saturated carbocycles. The Labute approximate surface area is 128 Å². The molecule has 1 aromatic heterocycles. The maximum atomic E-state index is 6.34. The van der Waals surface area contributed by atoms with E-state index >= 15 is 0 Å². The van der Waals surface area contributed by atoms with Gasteiger partial charge in [-0.05, 0) is 69.1 Å². The van der Waals surface area contributed by atoms with Crippen molar-refractivity contribution in [2.45, 2.75) is 65.0 Å². The van der Waals surface area contributed by atoms with Gasteiger partial charge in [0, 0.05) is 10.9 Å². The quantitative estimate of drug-likeness (QED) is 0.875. The molecular formula is C17H30N2S. The Morgan fingerprint density at radius 3 is 2.80 bits per heavy atom. The maximum absolute atomic E-state index is 6.34. The molecule has 2 N–H and O–H groups in total. The predicted molar refractivity (Wildman–Crippen MR) is 89.3 cm³/mol. The number of hydrogen-bond donors (Lipinski definition) is 1. The molecule has 0 aromatic carbocycles. The fourth-order valence-corrected chi connectivity index (χ4v) is 4.76. The molecule has 2 rings (SSSR count). The second-order valence-electron chi connectivity index (χ2n) is 6.39. The van der Waals surface area contributed by atoms with E-state index in [0.29, 0.717) is 6.04 Å². The third-order valence-corrected chi connectivity index (χ3v) is 5.73. The van der Waals surface area contributed by atoms with Crippen molar-refractivity contribution < 1.29 is 0 Å². The molecule has 1 aliphatic rings. The molecule has 20 heavy (non-hydrogen) atoms. The van der Waals surface area contributed by atoms with Gasteiger partial charge in [0.2, 0.25) is 0 Å². The minimum absolute atomic E-state index is 0.204. The first-order valence-electron chi connectivity index (χ1n) is 8.17. The van der Waals surface area contributed by atoms with Gasteiger partial charge in [0.25, 0.3) is 0 Å². The number of likely N-dealkylation sites (tertiary alicyclic amines) is 1. The van der Waals surface area contributed by atoms with Crippen molar-refractivity contribution in [3.63, 3.8) is 0 Å². The highest BCUT2D eigenvalue weighted by molar-refractivity contribution is 7.10. The van der Waals surface area contributed by atoms with E-state index in [4.69, 9.17) is 5.73 Å². The summed E-state index contributed by atoms with van der Waals surface area (Å²) in [4.78, 5) is 4.13. The minimum Gasteiger partial charge on any atom is -0.326 e. The third kappa shape index (κ3) is 3.84. The molecular weight excluding hydrogens is 264 g/mol. The Morgan fingerprint density at radius 1 is 1.40 bits per heavy atom. The number of hydrogen-bond acceptors (Lipinski definition) is 3. The average Bonchev–Trinajstić information content (AvgIpc) is 2.68. The molecule has 1 fully saturated rings. The number of thiophene rings is 1. The van der Waals surface area contributed by atoms with Crippen LogP contribution in [0.1, 0.15) is 62.4 Å². The topological polar surface area (TPSA) is 29.3 Å². The lowest BCUT2D eigenvalue weighted by Crippen LogP contribution is -2.40. The molecule has 114 valence electrons. The number of aryl methyl sites for hydroxylation is 1. The van der Waals surface area contributed by atoms with Gasteiger partial charge >= 0.3 is 0 Å². The van der Waals surface area contributed by atoms with E-state index in [2.05, 4.69) is 37.1 Å². The van der Waals surface area contributed by atoms with Crippen LogP contribution in [0.25, 0.3) is 0 Å². The largest absolute Gasteiger partial charge is 0.326 e. The van der Waals surface area contributed by atoms with Crippen molar-refractivity contribution in [1.29, 1.82) is 0 Å². The highest BCUT2D eigenvalue weighted by atomic mass is 32.1. The average molecular weight is 295 g/mol. The standard InChI is InChI=1S/C17H30N2S/c1-4-6-15-7-5-10-19(11-8-15)16(14(3)18)17-13(2)9-12-20-17/h9,12,14-16H,4-8,10-11,18H2,1-3H3. The molecule has 0 bridgehead atoms. The Balaban J connectivity index is 2.09. The third-order valence-electron chi connectivity index (χ3n) is 4.64. The van der Waals surface area contributed by atoms with Gasteiger partial charge < -0.3 is 5.73 Å². The molecule has 1 aromatic rings. The van der Waals surface area contributed by atoms with Gasteiger partial charge in [0.05, 0.1) is 6.04 Å². The number of nitrogens with zero attached hydrogens (tertiary/aromatic N) is 1. The summed E-state index contributed by atoms with van der Waals surface area (Å²) in [6.45, 7) is 9.12. The lowest BCUT2D eigenvalue weighted by atomic mass is 9.96. The number of rotatable bonds is 5. The van der Waals surface area contributed by atoms with E-state index in [1.165, 1.54) is 55.6 Å². The van der Waals surface area contributed by atoms with Gasteiger partial charge in [-0.2, -0.15) is 0 Å². The van der Waals surface area contributed by atoms with Crippen molar-refractivity contribution >= 4 is 11.3 Å². The molecule has 0 amide bonds. The fourth-order valence-electron chi connectivity index (χ4n) is 3.59. The molecule has 1 saturated heterocycles. The zero-order valence-corrected chi connectivity index (χ0v) is 14.1. The molecule has 3 unspecified atom stereocenters. The van der Waals surface area contributed by atoms with E-state index in [0.717, 1.165) is 5.92 Å². The van der Waals surface area contributed by atoms with Gasteiger partial charge in [0.1, 0.15) is 0 Å². The van der Waals surface area contributed by atoms with Crippen molar-refractivity contribution in [2.75, 3.05) is 13.1 Å². The van der Waals surface area contributed by atoms with Gasteiger partial charge in [-0.25, -0.2) is 0 Å². The molecule has 0 spiro atoms. The van der Waals surface area contributed by atoms with Gasteiger partial charge in [-0.15, -0.1) is 11.3 Å². The lowest BCUT2D eigenvalue weighted by Gasteiger charge is -2.33. The Morgan fingerprint density at radius 2 is 2.20 bits per heavy atom. The zero-order valence-electron chi connectivity index (χ0n) is 13.3. The van der Waals surface area contributed by atoms with E-state index in [1.807, 2.05) is 11.3 Å². The van der Waals surface area contributed by atoms with E-state index < -0.39 is 0 Å². The van der Waals surface area contributed by atoms with Crippen LogP contribution < -0.4 is 5.73 Å². The molecule has 3 heteroatoms. The van der Waals surface area contributed by atoms with Gasteiger partial charge in [-0.3, -0.25) is 4.90 Å². The van der Waals surface area contributed by atoms with Crippen molar-refractivity contribution in [1.82, 2.24) is 4.90 Å². The molecule has 2 nitrogen and oxygen atoms in total. The van der Waals surface area contributed by atoms with Crippen LogP contribution in [0.3, 0.4) is 0 Å². The van der Waals surface area contributed by atoms with Gasteiger partial charge in [-0.1, -0.05) is 19.8 Å². The van der Waals surface area contributed by atoms with Crippen LogP contribution in [0.5, 0.6) is 0 Å². The van der Waals surface area contributed by atoms with E-state index in [1.54, 1.807) is 0 Å². The van der Waals surface area contributed by atoms with Crippen molar-refractivity contribution in [3.05, 3.63) is 21.9 Å². The SMILES string of the molecule is CCCC1CCCN(C(c2sccc2C)C(C)N)CC1. The van der Waals surface area contributed by atoms with Crippen LogP contribution in [-0.4, -0.2) is 24.0 Å². The van der Waals surface area contributed by atoms with Crippen LogP contribution in [0.2, 0.25) is 0 Å². The van der Waals surface area contributed by atoms with Crippen LogP contribution in [0.15, 0.2) is 11.4 Å². The lowest BCUT2D eigenvalue weighted by molar-refractivity contribution is 0.183. The zero-order chi connectivity index (χ0) is 14.5. The summed E-state index contributed by atoms with van der Waals surface area (Å²) in [5.41, 5.74) is 7.75. The molecule has 0 aliphatic carbocycles. The van der Waals surface area contributed by atoms with Crippen LogP contribution >= 0.6 is 11.3 Å². The fraction of sp³-hybridized carbons (Fsp3) is 0.765. The highest BCUT2D eigenvalue weighted by Crippen LogP contribution is 2.33. The second-order valence-corrected chi connectivity index (χ2v) is 7.34. The highest BCUT2D eigenvalue weighted by Gasteiger charge is 2.28. The molecule has 0 radical (unpaired) electrons. The van der Waals surface area contributed by atoms with E-state index in [9.17, 15) is 0 Å². The molecule has 2 heterocycles. The Hall–Kier alpha value is -0.380. The summed E-state index contributed by atoms with van der Waals surface area (Å²) in [5, 5.41) is 2.21. The second kappa shape index (κ2) is 7.58. The first kappa shape index (κ1) is 16.0. The summed E-state index contributed by atoms with van der Waals surface area (Å²) in [6, 6.07) is 2.85. The summed E-state index contributed by atoms with van der Waals surface area (Å²) in [6.07, 6.45) is 6.80. The van der Waals surface area contributed by atoms with Gasteiger partial charge in [0.15, 0.2) is 0 Å². The first-order valence-corrected chi connectivity index (χ1v) is 9.05. The van der Waals surface area contributed by atoms with Crippen LogP contribution in [0, 0.1) is 12.8 Å². The monoisotopic (exact) mass is 294 g/mol. The Kier molecular flexibility index (Phi) is 6.06. The van der Waals surface area contributed by atoms with Crippen LogP contribution in [0.4, 0.5) is 0 Å². The molecule has 3 atom stereocenters. The summed E-state index contributed by atoms with van der Waals surface area (Å²) in [7, 11) is 0. The summed E-state index contributed by atoms with van der Waals surface area (Å²) in [5.74, 6) is 0.933. The van der Waals surface area contributed by atoms with E-state index in [-0.39, 0.29) is 6.04 Å². The van der Waals surface area contributed by atoms with Crippen molar-refractivity contribution in [3.8, 4) is 0 Å². The Bertz CT molecular complexity index is 399.